The summed E-state index contributed by atoms with van der Waals surface area (Å²) in [7, 11) is 2.21. The summed E-state index contributed by atoms with van der Waals surface area (Å²) >= 11 is 0. The fraction of sp³-hybridized carbons (Fsp3) is 1.00. The van der Waals surface area contributed by atoms with Crippen LogP contribution in [0.4, 0.5) is 0 Å². The quantitative estimate of drug-likeness (QED) is 0.666. The lowest BCUT2D eigenvalue weighted by atomic mass is 9.74. The number of aliphatic hydroxyl groups excluding tert-OH is 1. The lowest BCUT2D eigenvalue weighted by molar-refractivity contribution is 0.148. The van der Waals surface area contributed by atoms with E-state index in [1.807, 2.05) is 0 Å². The van der Waals surface area contributed by atoms with Crippen LogP contribution in [0.5, 0.6) is 0 Å². The number of hydrogen-bond donors (Lipinski definition) is 2. The highest BCUT2D eigenvalue weighted by atomic mass is 16.2. The van der Waals surface area contributed by atoms with Crippen molar-refractivity contribution in [3.8, 4) is 0 Å². The third kappa shape index (κ3) is 6.24. The summed E-state index contributed by atoms with van der Waals surface area (Å²) in [6.07, 6.45) is 7.08. The van der Waals surface area contributed by atoms with Crippen molar-refractivity contribution < 1.29 is 5.11 Å². The molecule has 0 aromatic carbocycles. The van der Waals surface area contributed by atoms with E-state index in [0.717, 1.165) is 37.8 Å². The SMILES string of the molecule is CC(C)C1CCC(N)C(CN(C)CCCCCO)C1. The average molecular weight is 270 g/mol. The smallest absolute Gasteiger partial charge is 0.0431 e. The van der Waals surface area contributed by atoms with Crippen LogP contribution in [0.2, 0.25) is 0 Å². The molecule has 0 radical (unpaired) electrons. The van der Waals surface area contributed by atoms with E-state index in [-0.39, 0.29) is 0 Å². The molecule has 1 fully saturated rings. The van der Waals surface area contributed by atoms with Crippen LogP contribution in [0.1, 0.15) is 52.4 Å². The Morgan fingerprint density at radius 2 is 1.95 bits per heavy atom. The molecule has 114 valence electrons. The Kier molecular flexibility index (Phi) is 7.96. The second kappa shape index (κ2) is 8.93. The Bertz CT molecular complexity index is 233. The molecule has 3 unspecified atom stereocenters. The molecular formula is C16H34N2O. The Hall–Kier alpha value is -0.120. The monoisotopic (exact) mass is 270 g/mol. The molecule has 1 aliphatic rings. The summed E-state index contributed by atoms with van der Waals surface area (Å²) in [5.41, 5.74) is 6.31. The molecule has 19 heavy (non-hydrogen) atoms. The van der Waals surface area contributed by atoms with Gasteiger partial charge in [-0.2, -0.15) is 0 Å². The van der Waals surface area contributed by atoms with Gasteiger partial charge in [-0.3, -0.25) is 0 Å². The highest BCUT2D eigenvalue weighted by Gasteiger charge is 2.30. The van der Waals surface area contributed by atoms with Gasteiger partial charge in [-0.05, 0) is 69.9 Å². The maximum atomic E-state index is 8.78. The van der Waals surface area contributed by atoms with E-state index in [1.165, 1.54) is 25.7 Å². The van der Waals surface area contributed by atoms with E-state index in [4.69, 9.17) is 10.8 Å². The normalized spacial score (nSPS) is 28.3. The maximum absolute atomic E-state index is 8.78. The van der Waals surface area contributed by atoms with Crippen LogP contribution >= 0.6 is 0 Å². The van der Waals surface area contributed by atoms with Gasteiger partial charge >= 0.3 is 0 Å². The van der Waals surface area contributed by atoms with Gasteiger partial charge in [0.05, 0.1) is 0 Å². The zero-order chi connectivity index (χ0) is 14.3. The van der Waals surface area contributed by atoms with Crippen molar-refractivity contribution in [1.82, 2.24) is 4.90 Å². The van der Waals surface area contributed by atoms with Crippen LogP contribution in [0.3, 0.4) is 0 Å². The largest absolute Gasteiger partial charge is 0.396 e. The molecule has 3 atom stereocenters. The van der Waals surface area contributed by atoms with Crippen molar-refractivity contribution in [3.05, 3.63) is 0 Å². The number of nitrogens with zero attached hydrogens (tertiary/aromatic N) is 1. The Morgan fingerprint density at radius 3 is 2.58 bits per heavy atom. The first kappa shape index (κ1) is 16.9. The highest BCUT2D eigenvalue weighted by Crippen LogP contribution is 2.33. The second-order valence-corrected chi connectivity index (χ2v) is 6.79. The predicted octanol–water partition coefficient (Wildman–Crippen LogP) is 2.48. The molecule has 0 heterocycles. The molecule has 0 aromatic heterocycles. The van der Waals surface area contributed by atoms with E-state index >= 15 is 0 Å². The number of hydrogen-bond acceptors (Lipinski definition) is 3. The molecule has 1 rings (SSSR count). The van der Waals surface area contributed by atoms with Crippen molar-refractivity contribution in [1.29, 1.82) is 0 Å². The van der Waals surface area contributed by atoms with Crippen LogP contribution < -0.4 is 5.73 Å². The van der Waals surface area contributed by atoms with E-state index in [1.54, 1.807) is 0 Å². The van der Waals surface area contributed by atoms with Gasteiger partial charge in [0.15, 0.2) is 0 Å². The molecule has 3 heteroatoms. The fourth-order valence-corrected chi connectivity index (χ4v) is 3.30. The first-order valence-electron chi connectivity index (χ1n) is 8.09. The van der Waals surface area contributed by atoms with Gasteiger partial charge in [0.2, 0.25) is 0 Å². The third-order valence-electron chi connectivity index (χ3n) is 4.77. The standard InChI is InChI=1S/C16H34N2O/c1-13(2)14-7-8-16(17)15(11-14)12-18(3)9-5-4-6-10-19/h13-16,19H,4-12,17H2,1-3H3. The summed E-state index contributed by atoms with van der Waals surface area (Å²) in [6, 6.07) is 0.398. The first-order valence-corrected chi connectivity index (χ1v) is 8.09. The highest BCUT2D eigenvalue weighted by molar-refractivity contribution is 4.85. The van der Waals surface area contributed by atoms with E-state index in [2.05, 4.69) is 25.8 Å². The zero-order valence-corrected chi connectivity index (χ0v) is 13.1. The molecule has 0 amide bonds. The minimum Gasteiger partial charge on any atom is -0.396 e. The van der Waals surface area contributed by atoms with Crippen LogP contribution in [-0.2, 0) is 0 Å². The molecular weight excluding hydrogens is 236 g/mol. The summed E-state index contributed by atoms with van der Waals surface area (Å²) < 4.78 is 0. The summed E-state index contributed by atoms with van der Waals surface area (Å²) in [6.45, 7) is 7.29. The minimum atomic E-state index is 0.327. The number of rotatable bonds is 8. The van der Waals surface area contributed by atoms with Gasteiger partial charge in [0, 0.05) is 19.2 Å². The van der Waals surface area contributed by atoms with Crippen molar-refractivity contribution in [2.24, 2.45) is 23.5 Å². The molecule has 0 spiro atoms. The topological polar surface area (TPSA) is 49.5 Å². The maximum Gasteiger partial charge on any atom is 0.0431 e. The predicted molar refractivity (Wildman–Crippen MR) is 82.1 cm³/mol. The third-order valence-corrected chi connectivity index (χ3v) is 4.77. The van der Waals surface area contributed by atoms with Crippen LogP contribution in [-0.4, -0.2) is 42.8 Å². The minimum absolute atomic E-state index is 0.327. The van der Waals surface area contributed by atoms with E-state index in [9.17, 15) is 0 Å². The van der Waals surface area contributed by atoms with Crippen LogP contribution in [0.25, 0.3) is 0 Å². The Balaban J connectivity index is 2.28. The molecule has 3 N–H and O–H groups in total. The van der Waals surface area contributed by atoms with Crippen molar-refractivity contribution in [2.75, 3.05) is 26.7 Å². The molecule has 0 aromatic rings. The fourth-order valence-electron chi connectivity index (χ4n) is 3.30. The van der Waals surface area contributed by atoms with Gasteiger partial charge in [-0.15, -0.1) is 0 Å². The van der Waals surface area contributed by atoms with Gasteiger partial charge in [0.25, 0.3) is 0 Å². The molecule has 0 saturated heterocycles. The van der Waals surface area contributed by atoms with Gasteiger partial charge in [0.1, 0.15) is 0 Å². The van der Waals surface area contributed by atoms with Crippen molar-refractivity contribution in [2.45, 2.75) is 58.4 Å². The van der Waals surface area contributed by atoms with Crippen LogP contribution in [0, 0.1) is 17.8 Å². The molecule has 0 bridgehead atoms. The molecule has 0 aliphatic heterocycles. The van der Waals surface area contributed by atoms with Gasteiger partial charge < -0.3 is 15.7 Å². The summed E-state index contributed by atoms with van der Waals surface area (Å²) in [5.74, 6) is 2.33. The number of nitrogens with two attached hydrogens (primary N) is 1. The van der Waals surface area contributed by atoms with E-state index < -0.39 is 0 Å². The van der Waals surface area contributed by atoms with Gasteiger partial charge in [-0.1, -0.05) is 13.8 Å². The van der Waals surface area contributed by atoms with Crippen molar-refractivity contribution in [3.63, 3.8) is 0 Å². The second-order valence-electron chi connectivity index (χ2n) is 6.79. The zero-order valence-electron chi connectivity index (χ0n) is 13.1. The Morgan fingerprint density at radius 1 is 1.21 bits per heavy atom. The number of unbranched alkanes of at least 4 members (excludes halogenated alkanes) is 2. The van der Waals surface area contributed by atoms with Gasteiger partial charge in [-0.25, -0.2) is 0 Å². The molecule has 1 aliphatic carbocycles. The average Bonchev–Trinajstić information content (AvgIpc) is 2.37. The Labute approximate surface area is 119 Å². The lowest BCUT2D eigenvalue weighted by Gasteiger charge is -2.38. The van der Waals surface area contributed by atoms with Crippen LogP contribution in [0.15, 0.2) is 0 Å². The number of aliphatic hydroxyl groups is 1. The van der Waals surface area contributed by atoms with Crippen molar-refractivity contribution >= 4 is 0 Å². The lowest BCUT2D eigenvalue weighted by Crippen LogP contribution is -2.43. The van der Waals surface area contributed by atoms with E-state index in [0.29, 0.717) is 18.6 Å². The summed E-state index contributed by atoms with van der Waals surface area (Å²) in [5, 5.41) is 8.78. The first-order chi connectivity index (χ1) is 9.04. The molecule has 1 saturated carbocycles. The summed E-state index contributed by atoms with van der Waals surface area (Å²) in [4.78, 5) is 2.44. The molecule has 3 nitrogen and oxygen atoms in total.